The molecule has 0 aromatic rings. The first-order valence-corrected chi connectivity index (χ1v) is 5.10. The number of carboxylic acids is 1. The van der Waals surface area contributed by atoms with E-state index < -0.39 is 11.5 Å². The molecule has 0 aliphatic heterocycles. The van der Waals surface area contributed by atoms with Gasteiger partial charge in [0, 0.05) is 5.92 Å². The zero-order chi connectivity index (χ0) is 10.3. The lowest BCUT2D eigenvalue weighted by atomic mass is 10.1. The van der Waals surface area contributed by atoms with E-state index in [1.54, 1.807) is 0 Å². The number of nitrogens with one attached hydrogen (secondary N) is 1. The van der Waals surface area contributed by atoms with E-state index in [9.17, 15) is 9.59 Å². The molecule has 0 heterocycles. The van der Waals surface area contributed by atoms with Crippen LogP contribution in [0.4, 0.5) is 0 Å². The Hall–Kier alpha value is -1.06. The van der Waals surface area contributed by atoms with Gasteiger partial charge in [0.05, 0.1) is 0 Å². The number of carbonyl (C=O) groups excluding carboxylic acids is 1. The van der Waals surface area contributed by atoms with Gasteiger partial charge in [0.2, 0.25) is 5.91 Å². The second kappa shape index (κ2) is 2.97. The Morgan fingerprint density at radius 1 is 1.43 bits per heavy atom. The molecule has 14 heavy (non-hydrogen) atoms. The highest BCUT2D eigenvalue weighted by atomic mass is 16.4. The third-order valence-electron chi connectivity index (χ3n) is 3.26. The fourth-order valence-corrected chi connectivity index (χ4v) is 1.68. The summed E-state index contributed by atoms with van der Waals surface area (Å²) in [6.45, 7) is 1.88. The second-order valence-electron chi connectivity index (χ2n) is 4.50. The molecule has 1 unspecified atom stereocenters. The summed E-state index contributed by atoms with van der Waals surface area (Å²) < 4.78 is 0. The molecule has 2 rings (SSSR count). The Kier molecular flexibility index (Phi) is 2.01. The Balaban J connectivity index is 1.90. The van der Waals surface area contributed by atoms with E-state index in [4.69, 9.17) is 5.11 Å². The van der Waals surface area contributed by atoms with Crippen LogP contribution in [0.15, 0.2) is 0 Å². The lowest BCUT2D eigenvalue weighted by molar-refractivity contribution is -0.143. The summed E-state index contributed by atoms with van der Waals surface area (Å²) in [6.07, 6.45) is 3.36. The molecule has 0 radical (unpaired) electrons. The number of rotatable bonds is 4. The maximum Gasteiger partial charge on any atom is 0.329 e. The van der Waals surface area contributed by atoms with Crippen LogP contribution in [0.1, 0.15) is 32.6 Å². The highest BCUT2D eigenvalue weighted by Gasteiger charge is 2.52. The molecule has 0 saturated heterocycles. The van der Waals surface area contributed by atoms with Crippen LogP contribution in [-0.2, 0) is 9.59 Å². The summed E-state index contributed by atoms with van der Waals surface area (Å²) in [4.78, 5) is 22.4. The molecule has 0 aromatic heterocycles. The number of hydrogen-bond donors (Lipinski definition) is 2. The monoisotopic (exact) mass is 197 g/mol. The van der Waals surface area contributed by atoms with Crippen LogP contribution >= 0.6 is 0 Å². The molecule has 1 amide bonds. The summed E-state index contributed by atoms with van der Waals surface area (Å²) in [7, 11) is 0. The van der Waals surface area contributed by atoms with Crippen LogP contribution in [-0.4, -0.2) is 22.5 Å². The quantitative estimate of drug-likeness (QED) is 0.699. The summed E-state index contributed by atoms with van der Waals surface area (Å²) in [5.74, 6) is -0.521. The Labute approximate surface area is 82.7 Å². The van der Waals surface area contributed by atoms with Gasteiger partial charge < -0.3 is 10.4 Å². The number of carbonyl (C=O) groups is 2. The lowest BCUT2D eigenvalue weighted by Crippen LogP contribution is -2.45. The standard InChI is InChI=1S/C10H15NO3/c1-6(7-2-3-7)8(12)11-10(4-5-10)9(13)14/h6-7H,2-5H2,1H3,(H,11,12)(H,13,14). The number of aliphatic carboxylic acids is 1. The van der Waals surface area contributed by atoms with E-state index in [1.165, 1.54) is 0 Å². The van der Waals surface area contributed by atoms with Crippen molar-refractivity contribution in [1.29, 1.82) is 0 Å². The van der Waals surface area contributed by atoms with Gasteiger partial charge in [-0.1, -0.05) is 6.92 Å². The largest absolute Gasteiger partial charge is 0.480 e. The minimum absolute atomic E-state index is 0.0215. The van der Waals surface area contributed by atoms with E-state index in [-0.39, 0.29) is 11.8 Å². The van der Waals surface area contributed by atoms with Crippen molar-refractivity contribution in [2.24, 2.45) is 11.8 Å². The summed E-state index contributed by atoms with van der Waals surface area (Å²) >= 11 is 0. The average Bonchev–Trinajstić information content (AvgIpc) is 2.98. The zero-order valence-electron chi connectivity index (χ0n) is 8.25. The average molecular weight is 197 g/mol. The van der Waals surface area contributed by atoms with Crippen molar-refractivity contribution < 1.29 is 14.7 Å². The minimum atomic E-state index is -0.916. The van der Waals surface area contributed by atoms with E-state index in [0.29, 0.717) is 18.8 Å². The van der Waals surface area contributed by atoms with Gasteiger partial charge in [-0.3, -0.25) is 4.79 Å². The first-order chi connectivity index (χ1) is 6.55. The minimum Gasteiger partial charge on any atom is -0.480 e. The topological polar surface area (TPSA) is 66.4 Å². The van der Waals surface area contributed by atoms with Crippen molar-refractivity contribution in [2.75, 3.05) is 0 Å². The molecule has 0 spiro atoms. The van der Waals surface area contributed by atoms with Gasteiger partial charge in [0.1, 0.15) is 5.54 Å². The van der Waals surface area contributed by atoms with Crippen molar-refractivity contribution in [3.8, 4) is 0 Å². The van der Waals surface area contributed by atoms with Gasteiger partial charge in [-0.25, -0.2) is 4.79 Å². The maximum absolute atomic E-state index is 11.6. The number of hydrogen-bond acceptors (Lipinski definition) is 2. The number of carboxylic acid groups (broad SMARTS) is 1. The van der Waals surface area contributed by atoms with Gasteiger partial charge in [0.15, 0.2) is 0 Å². The first kappa shape index (κ1) is 9.49. The van der Waals surface area contributed by atoms with Crippen LogP contribution in [0.3, 0.4) is 0 Å². The maximum atomic E-state index is 11.6. The molecule has 4 nitrogen and oxygen atoms in total. The molecule has 2 aliphatic carbocycles. The second-order valence-corrected chi connectivity index (χ2v) is 4.50. The van der Waals surface area contributed by atoms with Crippen LogP contribution in [0.2, 0.25) is 0 Å². The summed E-state index contributed by atoms with van der Waals surface area (Å²) in [6, 6.07) is 0. The van der Waals surface area contributed by atoms with Crippen LogP contribution in [0.25, 0.3) is 0 Å². The first-order valence-electron chi connectivity index (χ1n) is 5.10. The molecule has 2 fully saturated rings. The third kappa shape index (κ3) is 1.61. The molecule has 78 valence electrons. The van der Waals surface area contributed by atoms with Crippen molar-refractivity contribution in [1.82, 2.24) is 5.32 Å². The van der Waals surface area contributed by atoms with Gasteiger partial charge in [-0.2, -0.15) is 0 Å². The molecule has 1 atom stereocenters. The molecule has 2 aliphatic rings. The van der Waals surface area contributed by atoms with Gasteiger partial charge in [0.25, 0.3) is 0 Å². The van der Waals surface area contributed by atoms with Crippen LogP contribution in [0, 0.1) is 11.8 Å². The van der Waals surface area contributed by atoms with E-state index in [2.05, 4.69) is 5.32 Å². The fraction of sp³-hybridized carbons (Fsp3) is 0.800. The smallest absolute Gasteiger partial charge is 0.329 e. The van der Waals surface area contributed by atoms with Crippen molar-refractivity contribution in [3.05, 3.63) is 0 Å². The molecule has 2 saturated carbocycles. The normalized spacial score (nSPS) is 25.2. The highest BCUT2D eigenvalue weighted by Crippen LogP contribution is 2.39. The Morgan fingerprint density at radius 2 is 2.00 bits per heavy atom. The molecule has 0 aromatic carbocycles. The SMILES string of the molecule is CC(C(=O)NC1(C(=O)O)CC1)C1CC1. The predicted octanol–water partition coefficient (Wildman–Crippen LogP) is 0.766. The van der Waals surface area contributed by atoms with E-state index in [1.807, 2.05) is 6.92 Å². The van der Waals surface area contributed by atoms with E-state index in [0.717, 1.165) is 12.8 Å². The highest BCUT2D eigenvalue weighted by molar-refractivity contribution is 5.90. The van der Waals surface area contributed by atoms with E-state index >= 15 is 0 Å². The van der Waals surface area contributed by atoms with Crippen molar-refractivity contribution in [2.45, 2.75) is 38.1 Å². The molecular formula is C10H15NO3. The van der Waals surface area contributed by atoms with Crippen LogP contribution < -0.4 is 5.32 Å². The zero-order valence-corrected chi connectivity index (χ0v) is 8.25. The predicted molar refractivity (Wildman–Crippen MR) is 49.6 cm³/mol. The van der Waals surface area contributed by atoms with Gasteiger partial charge in [-0.05, 0) is 31.6 Å². The molecular weight excluding hydrogens is 182 g/mol. The molecule has 4 heteroatoms. The Bertz CT molecular complexity index is 279. The Morgan fingerprint density at radius 3 is 2.36 bits per heavy atom. The summed E-state index contributed by atoms with van der Waals surface area (Å²) in [5.41, 5.74) is -0.916. The van der Waals surface area contributed by atoms with Crippen LogP contribution in [0.5, 0.6) is 0 Å². The lowest BCUT2D eigenvalue weighted by Gasteiger charge is -2.16. The fourth-order valence-electron chi connectivity index (χ4n) is 1.68. The van der Waals surface area contributed by atoms with Gasteiger partial charge >= 0.3 is 5.97 Å². The van der Waals surface area contributed by atoms with Gasteiger partial charge in [-0.15, -0.1) is 0 Å². The summed E-state index contributed by atoms with van der Waals surface area (Å²) in [5, 5.41) is 11.5. The number of amides is 1. The van der Waals surface area contributed by atoms with Crippen molar-refractivity contribution >= 4 is 11.9 Å². The molecule has 0 bridgehead atoms. The molecule has 2 N–H and O–H groups in total. The third-order valence-corrected chi connectivity index (χ3v) is 3.26. The van der Waals surface area contributed by atoms with Crippen molar-refractivity contribution in [3.63, 3.8) is 0 Å².